The second-order valence-electron chi connectivity index (χ2n) is 6.26. The van der Waals surface area contributed by atoms with Crippen molar-refractivity contribution < 1.29 is 22.7 Å². The van der Waals surface area contributed by atoms with Gasteiger partial charge in [0.05, 0.1) is 0 Å². The van der Waals surface area contributed by atoms with Crippen LogP contribution in [0.5, 0.6) is 5.75 Å². The van der Waals surface area contributed by atoms with E-state index in [-0.39, 0.29) is 17.7 Å². The molecular formula is C17H19F3N4O2. The summed E-state index contributed by atoms with van der Waals surface area (Å²) in [4.78, 5) is 14.5. The number of halogens is 3. The van der Waals surface area contributed by atoms with Crippen LogP contribution in [-0.2, 0) is 13.5 Å². The van der Waals surface area contributed by atoms with Gasteiger partial charge < -0.3 is 14.2 Å². The van der Waals surface area contributed by atoms with Crippen molar-refractivity contribution in [3.8, 4) is 5.75 Å². The van der Waals surface area contributed by atoms with Crippen molar-refractivity contribution in [1.82, 2.24) is 19.7 Å². The molecule has 1 aromatic heterocycles. The van der Waals surface area contributed by atoms with E-state index >= 15 is 0 Å². The quantitative estimate of drug-likeness (QED) is 0.814. The molecule has 2 heterocycles. The summed E-state index contributed by atoms with van der Waals surface area (Å²) < 4.78 is 42.3. The number of hydrogen-bond donors (Lipinski definition) is 0. The number of aromatic nitrogens is 3. The third-order valence-corrected chi connectivity index (χ3v) is 4.48. The molecule has 0 spiro atoms. The van der Waals surface area contributed by atoms with Gasteiger partial charge in [0.2, 0.25) is 0 Å². The first-order valence-electron chi connectivity index (χ1n) is 8.33. The Hall–Kier alpha value is -2.58. The topological polar surface area (TPSA) is 60.2 Å². The summed E-state index contributed by atoms with van der Waals surface area (Å²) in [5.41, 5.74) is 0.352. The van der Waals surface area contributed by atoms with Gasteiger partial charge in [-0.15, -0.1) is 23.4 Å². The molecule has 1 aliphatic heterocycles. The molecule has 2 aromatic rings. The Morgan fingerprint density at radius 1 is 1.31 bits per heavy atom. The number of benzene rings is 1. The van der Waals surface area contributed by atoms with Gasteiger partial charge in [0.25, 0.3) is 5.91 Å². The molecule has 1 saturated heterocycles. The van der Waals surface area contributed by atoms with Crippen LogP contribution in [0.1, 0.15) is 35.4 Å². The van der Waals surface area contributed by atoms with Crippen molar-refractivity contribution in [3.63, 3.8) is 0 Å². The second kappa shape index (κ2) is 7.35. The highest BCUT2D eigenvalue weighted by molar-refractivity contribution is 5.94. The molecule has 0 saturated carbocycles. The van der Waals surface area contributed by atoms with Gasteiger partial charge in [-0.3, -0.25) is 4.79 Å². The molecule has 1 aromatic carbocycles. The first kappa shape index (κ1) is 18.2. The minimum Gasteiger partial charge on any atom is -0.406 e. The summed E-state index contributed by atoms with van der Waals surface area (Å²) in [6.07, 6.45) is 0.184. The third-order valence-electron chi connectivity index (χ3n) is 4.48. The van der Waals surface area contributed by atoms with E-state index in [1.54, 1.807) is 11.2 Å². The first-order chi connectivity index (χ1) is 12.3. The zero-order valence-electron chi connectivity index (χ0n) is 14.2. The van der Waals surface area contributed by atoms with Crippen LogP contribution in [0.25, 0.3) is 0 Å². The largest absolute Gasteiger partial charge is 0.573 e. The van der Waals surface area contributed by atoms with Gasteiger partial charge in [-0.05, 0) is 43.5 Å². The van der Waals surface area contributed by atoms with Gasteiger partial charge in [-0.1, -0.05) is 0 Å². The van der Waals surface area contributed by atoms with Crippen LogP contribution in [0, 0.1) is 0 Å². The third kappa shape index (κ3) is 4.33. The molecule has 1 amide bonds. The molecule has 9 heteroatoms. The lowest BCUT2D eigenvalue weighted by atomic mass is 10.1. The highest BCUT2D eigenvalue weighted by atomic mass is 19.4. The van der Waals surface area contributed by atoms with Gasteiger partial charge in [0, 0.05) is 31.6 Å². The number of ether oxygens (including phenoxy) is 1. The van der Waals surface area contributed by atoms with Crippen LogP contribution in [0.4, 0.5) is 13.2 Å². The van der Waals surface area contributed by atoms with Crippen molar-refractivity contribution in [1.29, 1.82) is 0 Å². The van der Waals surface area contributed by atoms with Gasteiger partial charge in [0.1, 0.15) is 17.9 Å². The fourth-order valence-electron chi connectivity index (χ4n) is 3.20. The maximum atomic E-state index is 12.7. The van der Waals surface area contributed by atoms with E-state index in [0.717, 1.165) is 37.2 Å². The average Bonchev–Trinajstić information content (AvgIpc) is 3.20. The Kier molecular flexibility index (Phi) is 5.15. The van der Waals surface area contributed by atoms with E-state index in [1.807, 2.05) is 11.6 Å². The molecule has 26 heavy (non-hydrogen) atoms. The van der Waals surface area contributed by atoms with E-state index in [4.69, 9.17) is 0 Å². The van der Waals surface area contributed by atoms with E-state index in [2.05, 4.69) is 14.9 Å². The van der Waals surface area contributed by atoms with Gasteiger partial charge in [-0.2, -0.15) is 0 Å². The molecule has 140 valence electrons. The van der Waals surface area contributed by atoms with E-state index < -0.39 is 6.36 Å². The normalized spacial score (nSPS) is 17.5. The number of aryl methyl sites for hydroxylation is 2. The summed E-state index contributed by atoms with van der Waals surface area (Å²) in [6.45, 7) is 0.642. The minimum atomic E-state index is -4.74. The standard InChI is InChI=1S/C17H19F3N4O2/c1-23-11-21-22-15(23)9-6-13-3-2-10-24(13)16(25)12-4-7-14(8-5-12)26-17(18,19)20/h4-5,7-8,11,13H,2-3,6,9-10H2,1H3. The van der Waals surface area contributed by atoms with Gasteiger partial charge in [0.15, 0.2) is 0 Å². The number of likely N-dealkylation sites (tertiary alicyclic amines) is 1. The zero-order valence-corrected chi connectivity index (χ0v) is 14.2. The summed E-state index contributed by atoms with van der Waals surface area (Å²) in [5, 5.41) is 7.89. The van der Waals surface area contributed by atoms with Crippen LogP contribution in [-0.4, -0.2) is 44.5 Å². The Morgan fingerprint density at radius 2 is 2.04 bits per heavy atom. The van der Waals surface area contributed by atoms with Crippen molar-refractivity contribution in [2.24, 2.45) is 7.05 Å². The smallest absolute Gasteiger partial charge is 0.406 e. The summed E-state index contributed by atoms with van der Waals surface area (Å²) in [6, 6.07) is 5.13. The average molecular weight is 368 g/mol. The molecule has 6 nitrogen and oxygen atoms in total. The molecule has 3 rings (SSSR count). The molecule has 1 aliphatic rings. The SMILES string of the molecule is Cn1cnnc1CCC1CCCN1C(=O)c1ccc(OC(F)(F)F)cc1. The molecular weight excluding hydrogens is 349 g/mol. The predicted octanol–water partition coefficient (Wildman–Crippen LogP) is 2.95. The minimum absolute atomic E-state index is 0.0882. The molecule has 1 atom stereocenters. The summed E-state index contributed by atoms with van der Waals surface area (Å²) in [7, 11) is 1.87. The number of rotatable bonds is 5. The van der Waals surface area contributed by atoms with Crippen molar-refractivity contribution >= 4 is 5.91 Å². The molecule has 1 unspecified atom stereocenters. The molecule has 0 bridgehead atoms. The van der Waals surface area contributed by atoms with Crippen LogP contribution in [0.2, 0.25) is 0 Å². The zero-order chi connectivity index (χ0) is 18.7. The first-order valence-corrected chi connectivity index (χ1v) is 8.33. The maximum absolute atomic E-state index is 12.7. The number of nitrogens with zero attached hydrogens (tertiary/aromatic N) is 4. The molecule has 0 aliphatic carbocycles. The molecule has 1 fully saturated rings. The fraction of sp³-hybridized carbons (Fsp3) is 0.471. The van der Waals surface area contributed by atoms with E-state index in [1.165, 1.54) is 12.1 Å². The Bertz CT molecular complexity index is 758. The monoisotopic (exact) mass is 368 g/mol. The maximum Gasteiger partial charge on any atom is 0.573 e. The lowest BCUT2D eigenvalue weighted by molar-refractivity contribution is -0.274. The summed E-state index contributed by atoms with van der Waals surface area (Å²) >= 11 is 0. The highest BCUT2D eigenvalue weighted by Crippen LogP contribution is 2.26. The lowest BCUT2D eigenvalue weighted by Gasteiger charge is -2.25. The number of alkyl halides is 3. The van der Waals surface area contributed by atoms with Crippen LogP contribution >= 0.6 is 0 Å². The fourth-order valence-corrected chi connectivity index (χ4v) is 3.20. The molecule has 0 N–H and O–H groups in total. The predicted molar refractivity (Wildman–Crippen MR) is 86.5 cm³/mol. The second-order valence-corrected chi connectivity index (χ2v) is 6.26. The number of carbonyl (C=O) groups excluding carboxylic acids is 1. The van der Waals surface area contributed by atoms with Crippen molar-refractivity contribution in [2.45, 2.75) is 38.1 Å². The van der Waals surface area contributed by atoms with E-state index in [9.17, 15) is 18.0 Å². The lowest BCUT2D eigenvalue weighted by Crippen LogP contribution is -2.36. The number of hydrogen-bond acceptors (Lipinski definition) is 4. The van der Waals surface area contributed by atoms with Crippen molar-refractivity contribution in [3.05, 3.63) is 42.0 Å². The highest BCUT2D eigenvalue weighted by Gasteiger charge is 2.32. The Morgan fingerprint density at radius 3 is 2.65 bits per heavy atom. The van der Waals surface area contributed by atoms with Gasteiger partial charge >= 0.3 is 6.36 Å². The van der Waals surface area contributed by atoms with Crippen LogP contribution in [0.3, 0.4) is 0 Å². The Balaban J connectivity index is 1.63. The molecule has 0 radical (unpaired) electrons. The van der Waals surface area contributed by atoms with E-state index in [0.29, 0.717) is 18.5 Å². The Labute approximate surface area is 148 Å². The van der Waals surface area contributed by atoms with Crippen molar-refractivity contribution in [2.75, 3.05) is 6.54 Å². The van der Waals surface area contributed by atoms with Crippen LogP contribution < -0.4 is 4.74 Å². The van der Waals surface area contributed by atoms with Crippen LogP contribution in [0.15, 0.2) is 30.6 Å². The number of carbonyl (C=O) groups is 1. The van der Waals surface area contributed by atoms with Gasteiger partial charge in [-0.25, -0.2) is 0 Å². The summed E-state index contributed by atoms with van der Waals surface area (Å²) in [5.74, 6) is 0.344. The number of amides is 1.